The Morgan fingerprint density at radius 1 is 1.11 bits per heavy atom. The summed E-state index contributed by atoms with van der Waals surface area (Å²) in [6, 6.07) is 14.0. The molecule has 9 heteroatoms. The lowest BCUT2D eigenvalue weighted by atomic mass is 10.2. The summed E-state index contributed by atoms with van der Waals surface area (Å²) in [4.78, 5) is 4.14. The van der Waals surface area contributed by atoms with E-state index in [1.807, 2.05) is 30.3 Å². The van der Waals surface area contributed by atoms with Crippen LogP contribution in [0.25, 0.3) is 0 Å². The maximum Gasteiger partial charge on any atom is 0.220 e. The van der Waals surface area contributed by atoms with E-state index in [0.29, 0.717) is 4.47 Å². The number of hydrogen-bond acceptors (Lipinski definition) is 4. The Balaban J connectivity index is 1.84. The van der Waals surface area contributed by atoms with Gasteiger partial charge in [-0.1, -0.05) is 69.5 Å². The van der Waals surface area contributed by atoms with E-state index in [-0.39, 0.29) is 38.9 Å². The molecule has 3 rings (SSSR count). The molecule has 0 radical (unpaired) electrons. The smallest absolute Gasteiger partial charge is 0.220 e. The van der Waals surface area contributed by atoms with Crippen LogP contribution in [0.15, 0.2) is 64.1 Å². The summed E-state index contributed by atoms with van der Waals surface area (Å²) in [5.41, 5.74) is 0.918. The van der Waals surface area contributed by atoms with Crippen LogP contribution in [0.1, 0.15) is 5.56 Å². The van der Waals surface area contributed by atoms with Crippen molar-refractivity contribution in [2.75, 3.05) is 0 Å². The molecule has 1 atom stereocenters. The number of rotatable bonds is 6. The quantitative estimate of drug-likeness (QED) is 0.424. The predicted molar refractivity (Wildman–Crippen MR) is 108 cm³/mol. The Hall–Kier alpha value is -1.64. The molecule has 27 heavy (non-hydrogen) atoms. The zero-order chi connectivity index (χ0) is 19.4. The Kier molecular flexibility index (Phi) is 6.73. The van der Waals surface area contributed by atoms with Crippen molar-refractivity contribution in [3.8, 4) is 17.4 Å². The van der Waals surface area contributed by atoms with Gasteiger partial charge in [0, 0.05) is 10.5 Å². The van der Waals surface area contributed by atoms with Gasteiger partial charge >= 0.3 is 0 Å². The van der Waals surface area contributed by atoms with Gasteiger partial charge in [-0.3, -0.25) is 0 Å². The highest BCUT2D eigenvalue weighted by Crippen LogP contribution is 2.39. The third-order valence-electron chi connectivity index (χ3n) is 3.40. The molecule has 1 unspecified atom stereocenters. The molecule has 5 nitrogen and oxygen atoms in total. The molecule has 140 valence electrons. The minimum atomic E-state index is -2.30. The molecule has 1 N–H and O–H groups in total. The van der Waals surface area contributed by atoms with Crippen molar-refractivity contribution in [2.45, 2.75) is 11.5 Å². The molecule has 1 heterocycles. The van der Waals surface area contributed by atoms with Crippen molar-refractivity contribution in [3.05, 3.63) is 74.8 Å². The van der Waals surface area contributed by atoms with Crippen LogP contribution >= 0.6 is 39.1 Å². The van der Waals surface area contributed by atoms with Gasteiger partial charge in [0.15, 0.2) is 22.6 Å². The van der Waals surface area contributed by atoms with Gasteiger partial charge in [0.05, 0.1) is 16.2 Å². The van der Waals surface area contributed by atoms with Gasteiger partial charge in [-0.25, -0.2) is 9.19 Å². The lowest BCUT2D eigenvalue weighted by Crippen LogP contribution is -2.02. The molecule has 1 aromatic heterocycles. The summed E-state index contributed by atoms with van der Waals surface area (Å²) in [7, 11) is 0. The van der Waals surface area contributed by atoms with E-state index < -0.39 is 11.1 Å². The molecule has 0 aliphatic heterocycles. The number of nitrogens with zero attached hydrogens (tertiary/aromatic N) is 1. The van der Waals surface area contributed by atoms with E-state index in [4.69, 9.17) is 32.7 Å². The number of halogens is 3. The highest BCUT2D eigenvalue weighted by atomic mass is 79.9. The number of pyridine rings is 1. The summed E-state index contributed by atoms with van der Waals surface area (Å²) in [6.07, 6.45) is 1.32. The van der Waals surface area contributed by atoms with Crippen molar-refractivity contribution in [1.29, 1.82) is 0 Å². The molecular formula is C18H12BrCl2NO4S. The molecule has 0 aliphatic carbocycles. The number of benzene rings is 2. The molecular weight excluding hydrogens is 477 g/mol. The van der Waals surface area contributed by atoms with E-state index in [9.17, 15) is 8.76 Å². The van der Waals surface area contributed by atoms with Crippen LogP contribution in [-0.4, -0.2) is 13.7 Å². The monoisotopic (exact) mass is 487 g/mol. The molecule has 0 fully saturated rings. The van der Waals surface area contributed by atoms with E-state index in [1.54, 1.807) is 12.1 Å². The lowest BCUT2D eigenvalue weighted by molar-refractivity contribution is 0.295. The summed E-state index contributed by atoms with van der Waals surface area (Å²) < 4.78 is 33.2. The zero-order valence-corrected chi connectivity index (χ0v) is 17.5. The van der Waals surface area contributed by atoms with Crippen LogP contribution in [0.5, 0.6) is 17.4 Å². The summed E-state index contributed by atoms with van der Waals surface area (Å²) in [5.74, 6) is 0.437. The fraction of sp³-hybridized carbons (Fsp3) is 0.0556. The molecule has 0 bridgehead atoms. The first-order valence-electron chi connectivity index (χ1n) is 7.54. The second-order valence-electron chi connectivity index (χ2n) is 5.29. The van der Waals surface area contributed by atoms with Gasteiger partial charge in [-0.2, -0.15) is 0 Å². The maximum absolute atomic E-state index is 11.7. The highest BCUT2D eigenvalue weighted by Gasteiger charge is 2.16. The Bertz CT molecular complexity index is 965. The first-order chi connectivity index (χ1) is 12.9. The fourth-order valence-corrected chi connectivity index (χ4v) is 3.94. The van der Waals surface area contributed by atoms with E-state index in [0.717, 1.165) is 5.56 Å². The molecule has 0 spiro atoms. The van der Waals surface area contributed by atoms with Crippen LogP contribution in [-0.2, 0) is 17.7 Å². The van der Waals surface area contributed by atoms with Gasteiger partial charge < -0.3 is 14.0 Å². The first kappa shape index (κ1) is 20.1. The molecule has 3 aromatic rings. The van der Waals surface area contributed by atoms with E-state index in [1.165, 1.54) is 12.3 Å². The minimum absolute atomic E-state index is 0.0280. The van der Waals surface area contributed by atoms with Gasteiger partial charge in [-0.15, -0.1) is 0 Å². The standard InChI is InChI=1S/C18H12BrCl2NO4S/c19-12-6-13(20)18(14(21)7-12)26-17-8-16(27(23)24)15(9-22-17)25-10-11-4-2-1-3-5-11/h1-9H,10H2,(H,23,24). The normalized spacial score (nSPS) is 11.9. The third kappa shape index (κ3) is 5.21. The minimum Gasteiger partial charge on any atom is -0.486 e. The topological polar surface area (TPSA) is 68.7 Å². The average molecular weight is 489 g/mol. The van der Waals surface area contributed by atoms with Gasteiger partial charge in [0.25, 0.3) is 0 Å². The van der Waals surface area contributed by atoms with Crippen LogP contribution < -0.4 is 9.47 Å². The lowest BCUT2D eigenvalue weighted by Gasteiger charge is -2.12. The SMILES string of the molecule is O=S(O)c1cc(Oc2c(Cl)cc(Br)cc2Cl)ncc1OCc1ccccc1. The highest BCUT2D eigenvalue weighted by molar-refractivity contribution is 9.10. The fourth-order valence-electron chi connectivity index (χ4n) is 2.17. The van der Waals surface area contributed by atoms with Gasteiger partial charge in [0.1, 0.15) is 11.5 Å². The molecule has 0 amide bonds. The second kappa shape index (κ2) is 9.03. The summed E-state index contributed by atoms with van der Waals surface area (Å²) in [6.45, 7) is 0.233. The van der Waals surface area contributed by atoms with Crippen LogP contribution in [0.2, 0.25) is 10.0 Å². The average Bonchev–Trinajstić information content (AvgIpc) is 2.64. The molecule has 0 aliphatic rings. The van der Waals surface area contributed by atoms with Crippen molar-refractivity contribution >= 4 is 50.2 Å². The van der Waals surface area contributed by atoms with Crippen molar-refractivity contribution in [1.82, 2.24) is 4.98 Å². The Morgan fingerprint density at radius 2 is 1.78 bits per heavy atom. The molecule has 0 saturated heterocycles. The van der Waals surface area contributed by atoms with Crippen molar-refractivity contribution in [3.63, 3.8) is 0 Å². The Labute approximate surface area is 176 Å². The first-order valence-corrected chi connectivity index (χ1v) is 10.2. The van der Waals surface area contributed by atoms with Crippen molar-refractivity contribution in [2.24, 2.45) is 0 Å². The zero-order valence-electron chi connectivity index (χ0n) is 13.6. The van der Waals surface area contributed by atoms with Crippen LogP contribution in [0.4, 0.5) is 0 Å². The molecule has 0 saturated carbocycles. The second-order valence-corrected chi connectivity index (χ2v) is 7.96. The van der Waals surface area contributed by atoms with Crippen LogP contribution in [0.3, 0.4) is 0 Å². The van der Waals surface area contributed by atoms with E-state index >= 15 is 0 Å². The van der Waals surface area contributed by atoms with Crippen molar-refractivity contribution < 1.29 is 18.2 Å². The predicted octanol–water partition coefficient (Wildman–Crippen LogP) is 6.10. The number of hydrogen-bond donors (Lipinski definition) is 1. The molecule has 2 aromatic carbocycles. The number of ether oxygens (including phenoxy) is 2. The Morgan fingerprint density at radius 3 is 2.41 bits per heavy atom. The number of aromatic nitrogens is 1. The van der Waals surface area contributed by atoms with E-state index in [2.05, 4.69) is 20.9 Å². The third-order valence-corrected chi connectivity index (χ3v) is 5.12. The maximum atomic E-state index is 11.7. The van der Waals surface area contributed by atoms with Gasteiger partial charge in [-0.05, 0) is 17.7 Å². The summed E-state index contributed by atoms with van der Waals surface area (Å²) >= 11 is 13.2. The summed E-state index contributed by atoms with van der Waals surface area (Å²) in [5, 5.41) is 0.541. The van der Waals surface area contributed by atoms with Crippen LogP contribution in [0, 0.1) is 0 Å². The van der Waals surface area contributed by atoms with Gasteiger partial charge in [0.2, 0.25) is 5.88 Å². The largest absolute Gasteiger partial charge is 0.486 e.